The van der Waals surface area contributed by atoms with Gasteiger partial charge in [-0.3, -0.25) is 0 Å². The van der Waals surface area contributed by atoms with E-state index in [0.29, 0.717) is 0 Å². The average molecular weight is 188 g/mol. The molecule has 0 radical (unpaired) electrons. The molecule has 13 heavy (non-hydrogen) atoms. The predicted octanol–water partition coefficient (Wildman–Crippen LogP) is 1.51. The Morgan fingerprint density at radius 3 is 2.62 bits per heavy atom. The molecule has 4 heteroatoms. The zero-order valence-electron chi connectivity index (χ0n) is 7.18. The molecule has 1 aromatic rings. The summed E-state index contributed by atoms with van der Waals surface area (Å²) in [6.07, 6.45) is 0.0833. The molecule has 0 fully saturated rings. The summed E-state index contributed by atoms with van der Waals surface area (Å²) in [6.45, 7) is -0.219. The zero-order valence-corrected chi connectivity index (χ0v) is 7.18. The van der Waals surface area contributed by atoms with Crippen LogP contribution in [0.15, 0.2) is 12.1 Å². The van der Waals surface area contributed by atoms with Gasteiger partial charge in [-0.25, -0.2) is 8.78 Å². The van der Waals surface area contributed by atoms with Crippen LogP contribution in [-0.4, -0.2) is 18.8 Å². The predicted molar refractivity (Wildman–Crippen MR) is 43.7 cm³/mol. The van der Waals surface area contributed by atoms with E-state index < -0.39 is 11.6 Å². The second-order valence-electron chi connectivity index (χ2n) is 2.55. The highest BCUT2D eigenvalue weighted by molar-refractivity contribution is 5.32. The lowest BCUT2D eigenvalue weighted by Gasteiger charge is -2.06. The third-order valence-corrected chi connectivity index (χ3v) is 1.68. The van der Waals surface area contributed by atoms with Gasteiger partial charge >= 0.3 is 0 Å². The van der Waals surface area contributed by atoms with Gasteiger partial charge in [0, 0.05) is 12.7 Å². The largest absolute Gasteiger partial charge is 0.494 e. The first-order valence-corrected chi connectivity index (χ1v) is 3.81. The number of benzene rings is 1. The van der Waals surface area contributed by atoms with Crippen molar-refractivity contribution in [2.24, 2.45) is 0 Å². The molecule has 0 spiro atoms. The van der Waals surface area contributed by atoms with Crippen LogP contribution in [0.1, 0.15) is 5.56 Å². The summed E-state index contributed by atoms with van der Waals surface area (Å²) < 4.78 is 30.6. The highest BCUT2D eigenvalue weighted by Gasteiger charge is 2.10. The van der Waals surface area contributed by atoms with E-state index in [2.05, 4.69) is 4.74 Å². The van der Waals surface area contributed by atoms with Gasteiger partial charge in [-0.1, -0.05) is 0 Å². The van der Waals surface area contributed by atoms with Gasteiger partial charge in [0.2, 0.25) is 0 Å². The second kappa shape index (κ2) is 4.18. The smallest absolute Gasteiger partial charge is 0.168 e. The molecule has 72 valence electrons. The Morgan fingerprint density at radius 2 is 2.08 bits per heavy atom. The summed E-state index contributed by atoms with van der Waals surface area (Å²) in [6, 6.07) is 2.02. The van der Waals surface area contributed by atoms with Gasteiger partial charge in [0.05, 0.1) is 7.11 Å². The van der Waals surface area contributed by atoms with Crippen LogP contribution in [0.25, 0.3) is 0 Å². The van der Waals surface area contributed by atoms with Crippen molar-refractivity contribution in [2.75, 3.05) is 13.7 Å². The van der Waals surface area contributed by atoms with E-state index in [1.807, 2.05) is 0 Å². The summed E-state index contributed by atoms with van der Waals surface area (Å²) in [4.78, 5) is 0. The van der Waals surface area contributed by atoms with Gasteiger partial charge < -0.3 is 9.84 Å². The van der Waals surface area contributed by atoms with Crippen LogP contribution in [0, 0.1) is 11.6 Å². The van der Waals surface area contributed by atoms with E-state index in [4.69, 9.17) is 5.11 Å². The molecule has 2 nitrogen and oxygen atoms in total. The van der Waals surface area contributed by atoms with Crippen molar-refractivity contribution in [3.05, 3.63) is 29.3 Å². The van der Waals surface area contributed by atoms with Crippen molar-refractivity contribution >= 4 is 0 Å². The van der Waals surface area contributed by atoms with Crippen LogP contribution in [0.2, 0.25) is 0 Å². The number of aliphatic hydroxyl groups is 1. The SMILES string of the molecule is COc1cc(F)cc(CCO)c1F. The van der Waals surface area contributed by atoms with Crippen molar-refractivity contribution in [1.82, 2.24) is 0 Å². The van der Waals surface area contributed by atoms with Crippen LogP contribution in [0.4, 0.5) is 8.78 Å². The van der Waals surface area contributed by atoms with Crippen LogP contribution in [0.5, 0.6) is 5.75 Å². The second-order valence-corrected chi connectivity index (χ2v) is 2.55. The highest BCUT2D eigenvalue weighted by Crippen LogP contribution is 2.22. The number of methoxy groups -OCH3 is 1. The molecule has 0 aromatic heterocycles. The Labute approximate surface area is 74.8 Å². The van der Waals surface area contributed by atoms with Crippen LogP contribution >= 0.6 is 0 Å². The first kappa shape index (κ1) is 9.92. The number of halogens is 2. The Balaban J connectivity index is 3.11. The maximum absolute atomic E-state index is 13.2. The summed E-state index contributed by atoms with van der Waals surface area (Å²) in [5.41, 5.74) is 0.124. The lowest BCUT2D eigenvalue weighted by atomic mass is 10.1. The number of hydrogen-bond acceptors (Lipinski definition) is 2. The Bertz CT molecular complexity index is 300. The molecule has 1 aromatic carbocycles. The van der Waals surface area contributed by atoms with Crippen molar-refractivity contribution in [2.45, 2.75) is 6.42 Å². The summed E-state index contributed by atoms with van der Waals surface area (Å²) in [5.74, 6) is -1.32. The molecule has 0 aliphatic carbocycles. The zero-order chi connectivity index (χ0) is 9.84. The van der Waals surface area contributed by atoms with Crippen molar-refractivity contribution in [3.63, 3.8) is 0 Å². The minimum absolute atomic E-state index is 0.0833. The van der Waals surface area contributed by atoms with E-state index in [9.17, 15) is 8.78 Å². The molecule has 0 saturated heterocycles. The molecule has 0 heterocycles. The number of aliphatic hydroxyl groups excluding tert-OH is 1. The van der Waals surface area contributed by atoms with Crippen molar-refractivity contribution in [1.29, 1.82) is 0 Å². The maximum atomic E-state index is 13.2. The molecule has 0 aliphatic rings. The monoisotopic (exact) mass is 188 g/mol. The molecular weight excluding hydrogens is 178 g/mol. The molecule has 0 unspecified atom stereocenters. The minimum Gasteiger partial charge on any atom is -0.494 e. The standard InChI is InChI=1S/C9H10F2O2/c1-13-8-5-7(10)4-6(2-3-12)9(8)11/h4-5,12H,2-3H2,1H3. The molecule has 1 N–H and O–H groups in total. The fourth-order valence-corrected chi connectivity index (χ4v) is 1.07. The Morgan fingerprint density at radius 1 is 1.38 bits per heavy atom. The van der Waals surface area contributed by atoms with Gasteiger partial charge in [0.1, 0.15) is 5.82 Å². The van der Waals surface area contributed by atoms with Crippen LogP contribution in [0.3, 0.4) is 0 Å². The van der Waals surface area contributed by atoms with Gasteiger partial charge in [-0.05, 0) is 18.1 Å². The van der Waals surface area contributed by atoms with E-state index in [-0.39, 0.29) is 24.3 Å². The lowest BCUT2D eigenvalue weighted by molar-refractivity contribution is 0.296. The normalized spacial score (nSPS) is 10.2. The summed E-state index contributed by atoms with van der Waals surface area (Å²) in [7, 11) is 1.26. The first-order valence-electron chi connectivity index (χ1n) is 3.81. The molecule has 1 rings (SSSR count). The van der Waals surface area contributed by atoms with E-state index in [1.165, 1.54) is 7.11 Å². The van der Waals surface area contributed by atoms with E-state index in [0.717, 1.165) is 12.1 Å². The number of ether oxygens (including phenoxy) is 1. The van der Waals surface area contributed by atoms with E-state index in [1.54, 1.807) is 0 Å². The molecule has 0 bridgehead atoms. The Hall–Kier alpha value is -1.16. The fourth-order valence-electron chi connectivity index (χ4n) is 1.07. The van der Waals surface area contributed by atoms with Crippen LogP contribution in [-0.2, 0) is 6.42 Å². The van der Waals surface area contributed by atoms with Gasteiger partial charge in [0.15, 0.2) is 11.6 Å². The van der Waals surface area contributed by atoms with Crippen LogP contribution < -0.4 is 4.74 Å². The van der Waals surface area contributed by atoms with Crippen molar-refractivity contribution in [3.8, 4) is 5.75 Å². The van der Waals surface area contributed by atoms with Gasteiger partial charge in [0.25, 0.3) is 0 Å². The summed E-state index contributed by atoms with van der Waals surface area (Å²) in [5, 5.41) is 8.57. The fraction of sp³-hybridized carbons (Fsp3) is 0.333. The lowest BCUT2D eigenvalue weighted by Crippen LogP contribution is -1.99. The average Bonchev–Trinajstić information content (AvgIpc) is 2.11. The van der Waals surface area contributed by atoms with Gasteiger partial charge in [-0.15, -0.1) is 0 Å². The first-order chi connectivity index (χ1) is 6.19. The maximum Gasteiger partial charge on any atom is 0.168 e. The number of hydrogen-bond donors (Lipinski definition) is 1. The third-order valence-electron chi connectivity index (χ3n) is 1.68. The molecule has 0 saturated carbocycles. The molecule has 0 atom stereocenters. The Kier molecular flexibility index (Phi) is 3.19. The third kappa shape index (κ3) is 2.15. The molecule has 0 amide bonds. The highest BCUT2D eigenvalue weighted by atomic mass is 19.1. The molecule has 0 aliphatic heterocycles. The number of rotatable bonds is 3. The summed E-state index contributed by atoms with van der Waals surface area (Å²) >= 11 is 0. The van der Waals surface area contributed by atoms with E-state index >= 15 is 0 Å². The van der Waals surface area contributed by atoms with Crippen molar-refractivity contribution < 1.29 is 18.6 Å². The quantitative estimate of drug-likeness (QED) is 0.779. The minimum atomic E-state index is -0.613. The molecular formula is C9H10F2O2. The van der Waals surface area contributed by atoms with Gasteiger partial charge in [-0.2, -0.15) is 0 Å². The topological polar surface area (TPSA) is 29.5 Å².